The smallest absolute Gasteiger partial charge is 0.133 e. The SMILES string of the molecule is CCCC(O)(c1ccccc1)c1c(Cl)cnn1CC. The number of aryl methyl sites for hydroxylation is 1. The summed E-state index contributed by atoms with van der Waals surface area (Å²) in [6.07, 6.45) is 3.07. The van der Waals surface area contributed by atoms with Crippen LogP contribution in [0.15, 0.2) is 36.5 Å². The topological polar surface area (TPSA) is 38.1 Å². The van der Waals surface area contributed by atoms with Crippen molar-refractivity contribution in [1.29, 1.82) is 0 Å². The molecule has 4 heteroatoms. The van der Waals surface area contributed by atoms with E-state index in [0.717, 1.165) is 12.0 Å². The van der Waals surface area contributed by atoms with Crippen molar-refractivity contribution in [1.82, 2.24) is 9.78 Å². The number of halogens is 1. The molecule has 0 aliphatic carbocycles. The van der Waals surface area contributed by atoms with Gasteiger partial charge in [-0.2, -0.15) is 5.10 Å². The standard InChI is InChI=1S/C15H19ClN2O/c1-3-10-15(19,12-8-6-5-7-9-12)14-13(16)11-17-18(14)4-2/h5-9,11,19H,3-4,10H2,1-2H3. The summed E-state index contributed by atoms with van der Waals surface area (Å²) in [7, 11) is 0. The third kappa shape index (κ3) is 2.53. The van der Waals surface area contributed by atoms with E-state index in [-0.39, 0.29) is 0 Å². The quantitative estimate of drug-likeness (QED) is 0.908. The monoisotopic (exact) mass is 278 g/mol. The van der Waals surface area contributed by atoms with Crippen LogP contribution in [0, 0.1) is 0 Å². The highest BCUT2D eigenvalue weighted by atomic mass is 35.5. The fourth-order valence-electron chi connectivity index (χ4n) is 2.49. The summed E-state index contributed by atoms with van der Waals surface area (Å²) in [6.45, 7) is 4.72. The van der Waals surface area contributed by atoms with Gasteiger partial charge in [0.1, 0.15) is 5.60 Å². The molecule has 0 aliphatic heterocycles. The van der Waals surface area contributed by atoms with E-state index in [9.17, 15) is 5.11 Å². The Morgan fingerprint density at radius 3 is 2.53 bits per heavy atom. The van der Waals surface area contributed by atoms with Gasteiger partial charge >= 0.3 is 0 Å². The van der Waals surface area contributed by atoms with Crippen LogP contribution in [-0.4, -0.2) is 14.9 Å². The number of aliphatic hydroxyl groups is 1. The molecule has 1 aromatic carbocycles. The molecule has 2 aromatic rings. The highest BCUT2D eigenvalue weighted by Crippen LogP contribution is 2.37. The van der Waals surface area contributed by atoms with Crippen molar-refractivity contribution in [2.45, 2.75) is 38.8 Å². The first kappa shape index (κ1) is 14.1. The summed E-state index contributed by atoms with van der Waals surface area (Å²) in [5.41, 5.74) is 0.457. The van der Waals surface area contributed by atoms with Crippen LogP contribution in [-0.2, 0) is 12.1 Å². The molecule has 2 rings (SSSR count). The van der Waals surface area contributed by atoms with Crippen molar-refractivity contribution in [2.24, 2.45) is 0 Å². The van der Waals surface area contributed by atoms with Gasteiger partial charge in [-0.25, -0.2) is 0 Å². The number of hydrogen-bond acceptors (Lipinski definition) is 2. The van der Waals surface area contributed by atoms with E-state index in [1.165, 1.54) is 0 Å². The summed E-state index contributed by atoms with van der Waals surface area (Å²) < 4.78 is 1.77. The van der Waals surface area contributed by atoms with Gasteiger partial charge in [-0.15, -0.1) is 0 Å². The summed E-state index contributed by atoms with van der Waals surface area (Å²) in [5, 5.41) is 15.9. The molecule has 0 saturated carbocycles. The van der Waals surface area contributed by atoms with E-state index in [0.29, 0.717) is 23.7 Å². The molecular weight excluding hydrogens is 260 g/mol. The van der Waals surface area contributed by atoms with Crippen LogP contribution in [0.4, 0.5) is 0 Å². The zero-order valence-electron chi connectivity index (χ0n) is 11.3. The Kier molecular flexibility index (Phi) is 4.27. The van der Waals surface area contributed by atoms with Crippen LogP contribution < -0.4 is 0 Å². The van der Waals surface area contributed by atoms with Crippen LogP contribution in [0.5, 0.6) is 0 Å². The molecule has 1 N–H and O–H groups in total. The number of nitrogens with zero attached hydrogens (tertiary/aromatic N) is 2. The lowest BCUT2D eigenvalue weighted by Crippen LogP contribution is -2.30. The maximum Gasteiger partial charge on any atom is 0.133 e. The Bertz CT molecular complexity index is 538. The molecule has 1 aromatic heterocycles. The second-order valence-corrected chi connectivity index (χ2v) is 5.04. The Hall–Kier alpha value is -1.32. The average Bonchev–Trinajstić information content (AvgIpc) is 2.81. The number of rotatable bonds is 5. The summed E-state index contributed by atoms with van der Waals surface area (Å²) in [4.78, 5) is 0. The molecule has 0 aliphatic rings. The van der Waals surface area contributed by atoms with Gasteiger partial charge in [0.25, 0.3) is 0 Å². The lowest BCUT2D eigenvalue weighted by molar-refractivity contribution is 0.0607. The molecular formula is C15H19ClN2O. The van der Waals surface area contributed by atoms with E-state index in [1.54, 1.807) is 10.9 Å². The first-order valence-corrected chi connectivity index (χ1v) is 7.01. The van der Waals surface area contributed by atoms with Gasteiger partial charge in [-0.3, -0.25) is 4.68 Å². The fraction of sp³-hybridized carbons (Fsp3) is 0.400. The second kappa shape index (κ2) is 5.76. The zero-order chi connectivity index (χ0) is 13.9. The minimum atomic E-state index is -1.08. The van der Waals surface area contributed by atoms with Crippen molar-refractivity contribution in [3.63, 3.8) is 0 Å². The first-order valence-electron chi connectivity index (χ1n) is 6.63. The van der Waals surface area contributed by atoms with E-state index >= 15 is 0 Å². The molecule has 3 nitrogen and oxygen atoms in total. The lowest BCUT2D eigenvalue weighted by Gasteiger charge is -2.29. The molecule has 0 bridgehead atoms. The van der Waals surface area contributed by atoms with E-state index in [2.05, 4.69) is 12.0 Å². The second-order valence-electron chi connectivity index (χ2n) is 4.63. The van der Waals surface area contributed by atoms with E-state index < -0.39 is 5.60 Å². The Morgan fingerprint density at radius 1 is 1.26 bits per heavy atom. The first-order chi connectivity index (χ1) is 9.13. The maximum absolute atomic E-state index is 11.2. The molecule has 1 heterocycles. The van der Waals surface area contributed by atoms with Crippen molar-refractivity contribution >= 4 is 11.6 Å². The highest BCUT2D eigenvalue weighted by Gasteiger charge is 2.36. The Balaban J connectivity index is 2.59. The predicted molar refractivity (Wildman–Crippen MR) is 77.3 cm³/mol. The molecule has 0 saturated heterocycles. The third-order valence-electron chi connectivity index (χ3n) is 3.35. The van der Waals surface area contributed by atoms with E-state index in [4.69, 9.17) is 11.6 Å². The molecule has 0 fully saturated rings. The molecule has 0 amide bonds. The van der Waals surface area contributed by atoms with Crippen molar-refractivity contribution in [3.05, 3.63) is 52.8 Å². The zero-order valence-corrected chi connectivity index (χ0v) is 12.1. The summed E-state index contributed by atoms with van der Waals surface area (Å²) >= 11 is 6.25. The predicted octanol–water partition coefficient (Wildman–Crippen LogP) is 3.59. The molecule has 0 radical (unpaired) electrons. The van der Waals surface area contributed by atoms with Gasteiger partial charge in [0.15, 0.2) is 0 Å². The Morgan fingerprint density at radius 2 is 1.95 bits per heavy atom. The molecule has 1 unspecified atom stereocenters. The lowest BCUT2D eigenvalue weighted by atomic mass is 9.86. The van der Waals surface area contributed by atoms with Crippen LogP contribution in [0.1, 0.15) is 37.9 Å². The van der Waals surface area contributed by atoms with Crippen molar-refractivity contribution in [3.8, 4) is 0 Å². The largest absolute Gasteiger partial charge is 0.379 e. The third-order valence-corrected chi connectivity index (χ3v) is 3.63. The van der Waals surface area contributed by atoms with Gasteiger partial charge in [0.05, 0.1) is 16.9 Å². The average molecular weight is 279 g/mol. The van der Waals surface area contributed by atoms with Gasteiger partial charge in [-0.1, -0.05) is 55.3 Å². The molecule has 0 spiro atoms. The normalized spacial score (nSPS) is 14.3. The van der Waals surface area contributed by atoms with Gasteiger partial charge in [0.2, 0.25) is 0 Å². The number of hydrogen-bond donors (Lipinski definition) is 1. The van der Waals surface area contributed by atoms with Crippen LogP contribution >= 0.6 is 11.6 Å². The molecule has 102 valence electrons. The minimum absolute atomic E-state index is 0.515. The number of benzene rings is 1. The van der Waals surface area contributed by atoms with Crippen LogP contribution in [0.2, 0.25) is 5.02 Å². The molecule has 1 atom stereocenters. The maximum atomic E-state index is 11.2. The number of aromatic nitrogens is 2. The highest BCUT2D eigenvalue weighted by molar-refractivity contribution is 6.31. The van der Waals surface area contributed by atoms with Crippen molar-refractivity contribution in [2.75, 3.05) is 0 Å². The summed E-state index contributed by atoms with van der Waals surface area (Å²) in [5.74, 6) is 0. The minimum Gasteiger partial charge on any atom is -0.379 e. The van der Waals surface area contributed by atoms with Gasteiger partial charge < -0.3 is 5.11 Å². The fourth-order valence-corrected chi connectivity index (χ4v) is 2.79. The van der Waals surface area contributed by atoms with Crippen LogP contribution in [0.25, 0.3) is 0 Å². The van der Waals surface area contributed by atoms with Crippen molar-refractivity contribution < 1.29 is 5.11 Å². The van der Waals surface area contributed by atoms with Gasteiger partial charge in [-0.05, 0) is 18.9 Å². The Labute approximate surface area is 118 Å². The molecule has 19 heavy (non-hydrogen) atoms. The van der Waals surface area contributed by atoms with Gasteiger partial charge in [0, 0.05) is 6.54 Å². The van der Waals surface area contributed by atoms with E-state index in [1.807, 2.05) is 37.3 Å². The van der Waals surface area contributed by atoms with Crippen LogP contribution in [0.3, 0.4) is 0 Å². The summed E-state index contributed by atoms with van der Waals surface area (Å²) in [6, 6.07) is 9.65.